The lowest BCUT2D eigenvalue weighted by molar-refractivity contribution is 0.00578. The van der Waals surface area contributed by atoms with E-state index in [2.05, 4.69) is 4.98 Å². The Hall–Kier alpha value is -1.07. The monoisotopic (exact) mass is 263 g/mol. The molecule has 0 radical (unpaired) electrons. The van der Waals surface area contributed by atoms with Crippen LogP contribution >= 0.6 is 0 Å². The summed E-state index contributed by atoms with van der Waals surface area (Å²) in [6.07, 6.45) is 1.79. The van der Waals surface area contributed by atoms with Gasteiger partial charge in [0.2, 0.25) is 0 Å². The van der Waals surface area contributed by atoms with Gasteiger partial charge in [-0.25, -0.2) is 0 Å². The van der Waals surface area contributed by atoms with Crippen LogP contribution in [0.4, 0.5) is 0 Å². The molecule has 2 heterocycles. The number of aromatic nitrogens is 1. The van der Waals surface area contributed by atoms with Crippen LogP contribution in [0, 0.1) is 6.92 Å². The molecular formula is C14H22BNO3. The van der Waals surface area contributed by atoms with Crippen molar-refractivity contribution in [2.75, 3.05) is 6.61 Å². The summed E-state index contributed by atoms with van der Waals surface area (Å²) >= 11 is 0. The third-order valence-corrected chi connectivity index (χ3v) is 3.89. The van der Waals surface area contributed by atoms with Gasteiger partial charge in [0.1, 0.15) is 5.75 Å². The third-order valence-electron chi connectivity index (χ3n) is 3.89. The summed E-state index contributed by atoms with van der Waals surface area (Å²) in [7, 11) is -0.391. The fraction of sp³-hybridized carbons (Fsp3) is 0.643. The maximum Gasteiger partial charge on any atom is 0.496 e. The average Bonchev–Trinajstić information content (AvgIpc) is 2.51. The number of nitrogens with zero attached hydrogens (tertiary/aromatic N) is 1. The highest BCUT2D eigenvalue weighted by Gasteiger charge is 2.51. The Balaban J connectivity index is 2.27. The normalized spacial score (nSPS) is 20.6. The fourth-order valence-corrected chi connectivity index (χ4v) is 1.94. The van der Waals surface area contributed by atoms with Crippen LogP contribution in [0.5, 0.6) is 5.75 Å². The fourth-order valence-electron chi connectivity index (χ4n) is 1.94. The molecule has 1 aromatic heterocycles. The second kappa shape index (κ2) is 4.80. The molecule has 1 aromatic rings. The third kappa shape index (κ3) is 2.62. The van der Waals surface area contributed by atoms with E-state index in [0.717, 1.165) is 16.9 Å². The van der Waals surface area contributed by atoms with Gasteiger partial charge < -0.3 is 14.0 Å². The van der Waals surface area contributed by atoms with Gasteiger partial charge in [0.25, 0.3) is 0 Å². The van der Waals surface area contributed by atoms with Gasteiger partial charge in [-0.1, -0.05) is 0 Å². The highest BCUT2D eigenvalue weighted by atomic mass is 16.7. The van der Waals surface area contributed by atoms with E-state index in [1.54, 1.807) is 6.20 Å². The molecular weight excluding hydrogens is 241 g/mol. The molecule has 1 aliphatic heterocycles. The molecule has 5 heteroatoms. The predicted molar refractivity (Wildman–Crippen MR) is 75.9 cm³/mol. The largest absolute Gasteiger partial charge is 0.496 e. The topological polar surface area (TPSA) is 40.6 Å². The highest BCUT2D eigenvalue weighted by Crippen LogP contribution is 2.36. The first-order valence-electron chi connectivity index (χ1n) is 6.72. The van der Waals surface area contributed by atoms with E-state index in [1.807, 2.05) is 47.6 Å². The van der Waals surface area contributed by atoms with Crippen molar-refractivity contribution in [3.63, 3.8) is 0 Å². The number of aryl methyl sites for hydroxylation is 1. The van der Waals surface area contributed by atoms with Crippen LogP contribution in [-0.4, -0.2) is 29.9 Å². The van der Waals surface area contributed by atoms with Crippen LogP contribution in [0.1, 0.15) is 40.3 Å². The summed E-state index contributed by atoms with van der Waals surface area (Å²) in [5.41, 5.74) is 1.10. The summed E-state index contributed by atoms with van der Waals surface area (Å²) < 4.78 is 17.6. The van der Waals surface area contributed by atoms with E-state index in [-0.39, 0.29) is 11.2 Å². The smallest absolute Gasteiger partial charge is 0.492 e. The Labute approximate surface area is 115 Å². The molecule has 104 valence electrons. The Kier molecular flexibility index (Phi) is 3.62. The highest BCUT2D eigenvalue weighted by molar-refractivity contribution is 6.62. The van der Waals surface area contributed by atoms with Crippen LogP contribution in [0.15, 0.2) is 12.3 Å². The zero-order valence-electron chi connectivity index (χ0n) is 12.6. The van der Waals surface area contributed by atoms with E-state index in [1.165, 1.54) is 0 Å². The molecule has 0 amide bonds. The summed E-state index contributed by atoms with van der Waals surface area (Å²) in [6.45, 7) is 12.7. The number of ether oxygens (including phenoxy) is 1. The average molecular weight is 263 g/mol. The molecule has 0 aromatic carbocycles. The van der Waals surface area contributed by atoms with Crippen molar-refractivity contribution in [3.05, 3.63) is 18.0 Å². The summed E-state index contributed by atoms with van der Waals surface area (Å²) in [6, 6.07) is 1.95. The lowest BCUT2D eigenvalue weighted by Gasteiger charge is -2.32. The van der Waals surface area contributed by atoms with Gasteiger partial charge in [-0.05, 0) is 47.6 Å². The van der Waals surface area contributed by atoms with Crippen LogP contribution in [-0.2, 0) is 9.31 Å². The maximum atomic E-state index is 6.01. The van der Waals surface area contributed by atoms with Gasteiger partial charge in [0.15, 0.2) is 0 Å². The minimum Gasteiger partial charge on any atom is -0.492 e. The Morgan fingerprint density at radius 1 is 1.21 bits per heavy atom. The molecule has 1 aliphatic rings. The van der Waals surface area contributed by atoms with Crippen molar-refractivity contribution in [1.29, 1.82) is 0 Å². The molecule has 1 fully saturated rings. The Bertz CT molecular complexity index is 458. The van der Waals surface area contributed by atoms with Crippen LogP contribution in [0.3, 0.4) is 0 Å². The predicted octanol–water partition coefficient (Wildman–Crippen LogP) is 2.09. The van der Waals surface area contributed by atoms with Gasteiger partial charge in [-0.2, -0.15) is 0 Å². The van der Waals surface area contributed by atoms with Crippen molar-refractivity contribution < 1.29 is 14.0 Å². The molecule has 0 unspecified atom stereocenters. The lowest BCUT2D eigenvalue weighted by atomic mass is 9.80. The van der Waals surface area contributed by atoms with Crippen LogP contribution in [0.2, 0.25) is 0 Å². The Morgan fingerprint density at radius 2 is 1.79 bits per heavy atom. The van der Waals surface area contributed by atoms with E-state index < -0.39 is 7.12 Å². The van der Waals surface area contributed by atoms with E-state index in [9.17, 15) is 0 Å². The number of hydrogen-bond acceptors (Lipinski definition) is 4. The Morgan fingerprint density at radius 3 is 2.32 bits per heavy atom. The molecule has 0 aliphatic carbocycles. The summed E-state index contributed by atoms with van der Waals surface area (Å²) in [4.78, 5) is 4.35. The molecule has 1 saturated heterocycles. The first-order valence-corrected chi connectivity index (χ1v) is 6.72. The molecule has 0 saturated carbocycles. The second-order valence-electron chi connectivity index (χ2n) is 5.87. The quantitative estimate of drug-likeness (QED) is 0.783. The van der Waals surface area contributed by atoms with Gasteiger partial charge in [0.05, 0.1) is 23.5 Å². The van der Waals surface area contributed by atoms with Crippen LogP contribution < -0.4 is 10.2 Å². The number of hydrogen-bond donors (Lipinski definition) is 0. The molecule has 0 spiro atoms. The van der Waals surface area contributed by atoms with Gasteiger partial charge in [-0.3, -0.25) is 4.98 Å². The van der Waals surface area contributed by atoms with Crippen molar-refractivity contribution >= 4 is 12.6 Å². The van der Waals surface area contributed by atoms with Gasteiger partial charge in [0, 0.05) is 11.7 Å². The lowest BCUT2D eigenvalue weighted by Crippen LogP contribution is -2.41. The first-order chi connectivity index (χ1) is 8.77. The van der Waals surface area contributed by atoms with E-state index in [0.29, 0.717) is 6.61 Å². The van der Waals surface area contributed by atoms with Crippen LogP contribution in [0.25, 0.3) is 0 Å². The van der Waals surface area contributed by atoms with Crippen molar-refractivity contribution in [1.82, 2.24) is 4.98 Å². The number of pyridine rings is 1. The zero-order valence-corrected chi connectivity index (χ0v) is 12.6. The standard InChI is InChI=1S/C14H22BNO3/c1-7-17-12-8-11(9-16-10(12)2)15-18-13(3,4)14(5,6)19-15/h8-9H,7H2,1-6H3. The summed E-state index contributed by atoms with van der Waals surface area (Å²) in [5.74, 6) is 0.787. The van der Waals surface area contributed by atoms with Gasteiger partial charge >= 0.3 is 7.12 Å². The summed E-state index contributed by atoms with van der Waals surface area (Å²) in [5, 5.41) is 0. The molecule has 0 N–H and O–H groups in total. The SMILES string of the molecule is CCOc1cc(B2OC(C)(C)C(C)(C)O2)cnc1C. The maximum absolute atomic E-state index is 6.01. The molecule has 4 nitrogen and oxygen atoms in total. The molecule has 0 atom stereocenters. The molecule has 19 heavy (non-hydrogen) atoms. The zero-order chi connectivity index (χ0) is 14.3. The minimum atomic E-state index is -0.391. The van der Waals surface area contributed by atoms with Crippen molar-refractivity contribution in [2.24, 2.45) is 0 Å². The van der Waals surface area contributed by atoms with E-state index >= 15 is 0 Å². The second-order valence-corrected chi connectivity index (χ2v) is 5.87. The molecule has 2 rings (SSSR count). The van der Waals surface area contributed by atoms with Crippen molar-refractivity contribution in [2.45, 2.75) is 52.7 Å². The first kappa shape index (κ1) is 14.3. The van der Waals surface area contributed by atoms with Gasteiger partial charge in [-0.15, -0.1) is 0 Å². The van der Waals surface area contributed by atoms with Crippen molar-refractivity contribution in [3.8, 4) is 5.75 Å². The number of rotatable bonds is 3. The minimum absolute atomic E-state index is 0.339. The molecule has 0 bridgehead atoms. The van der Waals surface area contributed by atoms with E-state index in [4.69, 9.17) is 14.0 Å².